The van der Waals surface area contributed by atoms with E-state index in [2.05, 4.69) is 23.5 Å². The summed E-state index contributed by atoms with van der Waals surface area (Å²) in [6.07, 6.45) is 0.979. The molecule has 0 unspecified atom stereocenters. The van der Waals surface area contributed by atoms with Crippen LogP contribution in [0.2, 0.25) is 5.02 Å². The highest BCUT2D eigenvalue weighted by atomic mass is 35.5. The van der Waals surface area contributed by atoms with Crippen LogP contribution in [0.3, 0.4) is 0 Å². The molecule has 0 aromatic heterocycles. The van der Waals surface area contributed by atoms with Crippen LogP contribution in [0.5, 0.6) is 11.5 Å². The van der Waals surface area contributed by atoms with E-state index in [1.807, 2.05) is 38.1 Å². The Morgan fingerprint density at radius 1 is 0.870 bits per heavy atom. The van der Waals surface area contributed by atoms with Gasteiger partial charge in [0.15, 0.2) is 11.5 Å². The van der Waals surface area contributed by atoms with Crippen molar-refractivity contribution >= 4 is 11.6 Å². The molecule has 2 rings (SSSR count). The molecular weight excluding hydrogens is 310 g/mol. The van der Waals surface area contributed by atoms with E-state index in [4.69, 9.17) is 21.1 Å². The van der Waals surface area contributed by atoms with Crippen molar-refractivity contribution in [3.8, 4) is 11.5 Å². The number of nitrogens with one attached hydrogen (secondary N) is 1. The Labute approximate surface area is 143 Å². The third-order valence-corrected chi connectivity index (χ3v) is 3.69. The summed E-state index contributed by atoms with van der Waals surface area (Å²) < 4.78 is 11.2. The summed E-state index contributed by atoms with van der Waals surface area (Å²) in [4.78, 5) is 0. The van der Waals surface area contributed by atoms with Gasteiger partial charge in [-0.3, -0.25) is 0 Å². The maximum Gasteiger partial charge on any atom is 0.161 e. The SMILES string of the molecule is CCOc1ccc(CNCCc2ccc(Cl)cc2)cc1OCC. The molecule has 23 heavy (non-hydrogen) atoms. The standard InChI is InChI=1S/C19H24ClNO2/c1-3-22-18-10-7-16(13-19(18)23-4-2)14-21-12-11-15-5-8-17(20)9-6-15/h5-10,13,21H,3-4,11-12,14H2,1-2H3. The number of halogens is 1. The lowest BCUT2D eigenvalue weighted by Crippen LogP contribution is -2.16. The van der Waals surface area contributed by atoms with Crippen molar-refractivity contribution in [2.24, 2.45) is 0 Å². The first-order valence-corrected chi connectivity index (χ1v) is 8.44. The minimum Gasteiger partial charge on any atom is -0.490 e. The molecule has 0 radical (unpaired) electrons. The van der Waals surface area contributed by atoms with Crippen LogP contribution < -0.4 is 14.8 Å². The third-order valence-electron chi connectivity index (χ3n) is 3.44. The molecule has 2 aromatic carbocycles. The Bertz CT molecular complexity index is 599. The molecule has 0 saturated carbocycles. The summed E-state index contributed by atoms with van der Waals surface area (Å²) in [5.74, 6) is 1.62. The van der Waals surface area contributed by atoms with Gasteiger partial charge in [-0.25, -0.2) is 0 Å². The van der Waals surface area contributed by atoms with Gasteiger partial charge in [0.2, 0.25) is 0 Å². The fraction of sp³-hybridized carbons (Fsp3) is 0.368. The molecule has 0 amide bonds. The molecule has 0 aliphatic rings. The Morgan fingerprint density at radius 2 is 1.52 bits per heavy atom. The van der Waals surface area contributed by atoms with Gasteiger partial charge in [-0.1, -0.05) is 29.8 Å². The largest absolute Gasteiger partial charge is 0.490 e. The van der Waals surface area contributed by atoms with Crippen molar-refractivity contribution < 1.29 is 9.47 Å². The summed E-state index contributed by atoms with van der Waals surface area (Å²) in [7, 11) is 0. The van der Waals surface area contributed by atoms with E-state index >= 15 is 0 Å². The second kappa shape index (κ2) is 9.43. The molecule has 0 bridgehead atoms. The van der Waals surface area contributed by atoms with E-state index in [1.54, 1.807) is 0 Å². The summed E-state index contributed by atoms with van der Waals surface area (Å²) in [5, 5.41) is 4.23. The van der Waals surface area contributed by atoms with Crippen molar-refractivity contribution in [1.29, 1.82) is 0 Å². The lowest BCUT2D eigenvalue weighted by atomic mass is 10.1. The summed E-state index contributed by atoms with van der Waals surface area (Å²) in [6.45, 7) is 6.94. The Balaban J connectivity index is 1.85. The van der Waals surface area contributed by atoms with Gasteiger partial charge < -0.3 is 14.8 Å². The molecule has 0 aliphatic carbocycles. The maximum atomic E-state index is 5.89. The highest BCUT2D eigenvalue weighted by Gasteiger charge is 2.06. The van der Waals surface area contributed by atoms with Gasteiger partial charge in [-0.2, -0.15) is 0 Å². The predicted molar refractivity (Wildman–Crippen MR) is 95.6 cm³/mol. The van der Waals surface area contributed by atoms with Crippen LogP contribution in [0, 0.1) is 0 Å². The number of hydrogen-bond donors (Lipinski definition) is 1. The van der Waals surface area contributed by atoms with Crippen LogP contribution in [-0.4, -0.2) is 19.8 Å². The monoisotopic (exact) mass is 333 g/mol. The normalized spacial score (nSPS) is 10.6. The quantitative estimate of drug-likeness (QED) is 0.687. The fourth-order valence-electron chi connectivity index (χ4n) is 2.32. The molecular formula is C19H24ClNO2. The highest BCUT2D eigenvalue weighted by molar-refractivity contribution is 6.30. The smallest absolute Gasteiger partial charge is 0.161 e. The van der Waals surface area contributed by atoms with E-state index < -0.39 is 0 Å². The van der Waals surface area contributed by atoms with Crippen LogP contribution in [0.1, 0.15) is 25.0 Å². The minimum atomic E-state index is 0.632. The first kappa shape index (κ1) is 17.6. The van der Waals surface area contributed by atoms with E-state index in [0.717, 1.165) is 36.0 Å². The second-order valence-electron chi connectivity index (χ2n) is 5.20. The third kappa shape index (κ3) is 5.77. The zero-order chi connectivity index (χ0) is 16.5. The molecule has 0 fully saturated rings. The molecule has 1 N–H and O–H groups in total. The lowest BCUT2D eigenvalue weighted by molar-refractivity contribution is 0.287. The Kier molecular flexibility index (Phi) is 7.24. The van der Waals surface area contributed by atoms with Crippen LogP contribution in [0.25, 0.3) is 0 Å². The van der Waals surface area contributed by atoms with Gasteiger partial charge in [0, 0.05) is 11.6 Å². The molecule has 0 spiro atoms. The maximum absolute atomic E-state index is 5.89. The molecule has 124 valence electrons. The van der Waals surface area contributed by atoms with E-state index in [9.17, 15) is 0 Å². The molecule has 2 aromatic rings. The molecule has 0 saturated heterocycles. The van der Waals surface area contributed by atoms with Gasteiger partial charge in [0.1, 0.15) is 0 Å². The van der Waals surface area contributed by atoms with Crippen molar-refractivity contribution in [3.05, 3.63) is 58.6 Å². The van der Waals surface area contributed by atoms with Crippen LogP contribution in [0.4, 0.5) is 0 Å². The van der Waals surface area contributed by atoms with Crippen molar-refractivity contribution in [3.63, 3.8) is 0 Å². The number of benzene rings is 2. The van der Waals surface area contributed by atoms with E-state index in [0.29, 0.717) is 13.2 Å². The Hall–Kier alpha value is -1.71. The number of hydrogen-bond acceptors (Lipinski definition) is 3. The van der Waals surface area contributed by atoms with Gasteiger partial charge >= 0.3 is 0 Å². The van der Waals surface area contributed by atoms with Crippen molar-refractivity contribution in [1.82, 2.24) is 5.32 Å². The topological polar surface area (TPSA) is 30.5 Å². The molecule has 4 heteroatoms. The zero-order valence-electron chi connectivity index (χ0n) is 13.8. The summed E-state index contributed by atoms with van der Waals surface area (Å²) in [5.41, 5.74) is 2.47. The molecule has 3 nitrogen and oxygen atoms in total. The second-order valence-corrected chi connectivity index (χ2v) is 5.64. The average Bonchev–Trinajstić information content (AvgIpc) is 2.56. The van der Waals surface area contributed by atoms with Crippen LogP contribution >= 0.6 is 11.6 Å². The number of rotatable bonds is 9. The Morgan fingerprint density at radius 3 is 2.22 bits per heavy atom. The van der Waals surface area contributed by atoms with E-state index in [1.165, 1.54) is 11.1 Å². The highest BCUT2D eigenvalue weighted by Crippen LogP contribution is 2.28. The van der Waals surface area contributed by atoms with Crippen molar-refractivity contribution in [2.75, 3.05) is 19.8 Å². The molecule has 0 atom stereocenters. The fourth-order valence-corrected chi connectivity index (χ4v) is 2.45. The van der Waals surface area contributed by atoms with Crippen LogP contribution in [0.15, 0.2) is 42.5 Å². The summed E-state index contributed by atoms with van der Waals surface area (Å²) >= 11 is 5.89. The van der Waals surface area contributed by atoms with Crippen LogP contribution in [-0.2, 0) is 13.0 Å². The zero-order valence-corrected chi connectivity index (χ0v) is 14.5. The van der Waals surface area contributed by atoms with Gasteiger partial charge in [0.05, 0.1) is 13.2 Å². The lowest BCUT2D eigenvalue weighted by Gasteiger charge is -2.13. The molecule has 0 aliphatic heterocycles. The summed E-state index contributed by atoms with van der Waals surface area (Å²) in [6, 6.07) is 14.1. The first-order valence-electron chi connectivity index (χ1n) is 8.06. The van der Waals surface area contributed by atoms with Crippen molar-refractivity contribution in [2.45, 2.75) is 26.8 Å². The minimum absolute atomic E-state index is 0.632. The predicted octanol–water partition coefficient (Wildman–Crippen LogP) is 4.47. The number of ether oxygens (including phenoxy) is 2. The van der Waals surface area contributed by atoms with Gasteiger partial charge in [-0.05, 0) is 62.2 Å². The molecule has 0 heterocycles. The average molecular weight is 334 g/mol. The van der Waals surface area contributed by atoms with Gasteiger partial charge in [0.25, 0.3) is 0 Å². The van der Waals surface area contributed by atoms with Gasteiger partial charge in [-0.15, -0.1) is 0 Å². The first-order chi connectivity index (χ1) is 11.2. The van der Waals surface area contributed by atoms with E-state index in [-0.39, 0.29) is 0 Å².